The number of hydrogen-bond donors (Lipinski definition) is 1. The van der Waals surface area contributed by atoms with Crippen LogP contribution in [0.2, 0.25) is 0 Å². The van der Waals surface area contributed by atoms with E-state index in [1.54, 1.807) is 16.7 Å². The molecule has 3 rings (SSSR count). The third-order valence-corrected chi connectivity index (χ3v) is 6.03. The summed E-state index contributed by atoms with van der Waals surface area (Å²) >= 11 is 1.78. The summed E-state index contributed by atoms with van der Waals surface area (Å²) in [4.78, 5) is 16.7. The van der Waals surface area contributed by atoms with E-state index in [2.05, 4.69) is 17.0 Å². The monoisotopic (exact) mass is 378 g/mol. The van der Waals surface area contributed by atoms with Crippen LogP contribution < -0.4 is 0 Å². The summed E-state index contributed by atoms with van der Waals surface area (Å²) in [5.74, 6) is 1.85. The molecule has 2 saturated heterocycles. The van der Waals surface area contributed by atoms with Gasteiger partial charge >= 0.3 is 0 Å². The molecule has 2 fully saturated rings. The fourth-order valence-electron chi connectivity index (χ4n) is 3.66. The topological polar surface area (TPSA) is 53.0 Å². The summed E-state index contributed by atoms with van der Waals surface area (Å²) < 4.78 is 5.61. The normalized spacial score (nSPS) is 24.6. The first-order chi connectivity index (χ1) is 12.6. The van der Waals surface area contributed by atoms with E-state index in [0.717, 1.165) is 24.6 Å². The molecule has 1 aromatic rings. The van der Waals surface area contributed by atoms with Gasteiger partial charge in [0.15, 0.2) is 0 Å². The molecule has 0 unspecified atom stereocenters. The van der Waals surface area contributed by atoms with E-state index in [4.69, 9.17) is 4.74 Å². The van der Waals surface area contributed by atoms with Gasteiger partial charge in [-0.2, -0.15) is 11.8 Å². The van der Waals surface area contributed by atoms with Crippen LogP contribution in [0.5, 0.6) is 0 Å². The van der Waals surface area contributed by atoms with Crippen molar-refractivity contribution in [2.24, 2.45) is 0 Å². The molecule has 5 nitrogen and oxygen atoms in total. The van der Waals surface area contributed by atoms with Crippen LogP contribution in [-0.4, -0.2) is 78.1 Å². The van der Waals surface area contributed by atoms with Crippen LogP contribution in [0.1, 0.15) is 24.8 Å². The van der Waals surface area contributed by atoms with Crippen molar-refractivity contribution in [2.75, 3.05) is 51.7 Å². The first-order valence-electron chi connectivity index (χ1n) is 9.57. The maximum Gasteiger partial charge on any atom is 0.223 e. The highest BCUT2D eigenvalue weighted by molar-refractivity contribution is 7.98. The minimum atomic E-state index is -0.951. The quantitative estimate of drug-likeness (QED) is 0.736. The van der Waals surface area contributed by atoms with E-state index in [9.17, 15) is 9.90 Å². The lowest BCUT2D eigenvalue weighted by molar-refractivity contribution is -0.134. The average Bonchev–Trinajstić information content (AvgIpc) is 3.06. The Hall–Kier alpha value is -1.08. The molecule has 1 aromatic carbocycles. The van der Waals surface area contributed by atoms with Gasteiger partial charge in [0.25, 0.3) is 0 Å². The van der Waals surface area contributed by atoms with Crippen molar-refractivity contribution in [3.8, 4) is 0 Å². The van der Waals surface area contributed by atoms with Gasteiger partial charge in [0.1, 0.15) is 5.60 Å². The van der Waals surface area contributed by atoms with Gasteiger partial charge in [0.05, 0.1) is 19.8 Å². The second-order valence-electron chi connectivity index (χ2n) is 7.36. The average molecular weight is 379 g/mol. The Morgan fingerprint density at radius 3 is 2.73 bits per heavy atom. The number of hydrogen-bond acceptors (Lipinski definition) is 5. The van der Waals surface area contributed by atoms with Crippen molar-refractivity contribution in [3.63, 3.8) is 0 Å². The van der Waals surface area contributed by atoms with Crippen LogP contribution in [0.4, 0.5) is 0 Å². The Bertz CT molecular complexity index is 565. The third-order valence-electron chi connectivity index (χ3n) is 5.00. The lowest BCUT2D eigenvalue weighted by Crippen LogP contribution is -2.53. The van der Waals surface area contributed by atoms with E-state index >= 15 is 0 Å². The van der Waals surface area contributed by atoms with Crippen LogP contribution in [-0.2, 0) is 15.3 Å². The third kappa shape index (κ3) is 5.98. The molecule has 6 heteroatoms. The molecular formula is C20H30N2O3S. The number of ether oxygens (including phenoxy) is 1. The minimum Gasteiger partial charge on any atom is -0.384 e. The predicted octanol–water partition coefficient (Wildman–Crippen LogP) is 2.00. The van der Waals surface area contributed by atoms with Crippen molar-refractivity contribution in [1.82, 2.24) is 9.80 Å². The zero-order valence-corrected chi connectivity index (χ0v) is 16.3. The first-order valence-corrected chi connectivity index (χ1v) is 10.7. The molecule has 1 amide bonds. The molecule has 0 radical (unpaired) electrons. The van der Waals surface area contributed by atoms with Crippen molar-refractivity contribution in [3.05, 3.63) is 35.9 Å². The fourth-order valence-corrected chi connectivity index (χ4v) is 4.56. The summed E-state index contributed by atoms with van der Waals surface area (Å²) in [6, 6.07) is 10.3. The van der Waals surface area contributed by atoms with Crippen molar-refractivity contribution in [1.29, 1.82) is 0 Å². The molecule has 2 heterocycles. The Balaban J connectivity index is 1.44. The van der Waals surface area contributed by atoms with E-state index in [1.165, 1.54) is 18.4 Å². The van der Waals surface area contributed by atoms with Crippen molar-refractivity contribution >= 4 is 17.7 Å². The van der Waals surface area contributed by atoms with Crippen LogP contribution in [0, 0.1) is 0 Å². The molecular weight excluding hydrogens is 348 g/mol. The smallest absolute Gasteiger partial charge is 0.223 e. The van der Waals surface area contributed by atoms with Gasteiger partial charge in [0, 0.05) is 31.0 Å². The molecule has 0 saturated carbocycles. The molecule has 26 heavy (non-hydrogen) atoms. The fraction of sp³-hybridized carbons (Fsp3) is 0.650. The number of rotatable bonds is 7. The summed E-state index contributed by atoms with van der Waals surface area (Å²) in [6.45, 7) is 4.44. The highest BCUT2D eigenvalue weighted by atomic mass is 32.2. The maximum atomic E-state index is 12.6. The molecule has 0 bridgehead atoms. The highest BCUT2D eigenvalue weighted by Gasteiger charge is 2.36. The number of likely N-dealkylation sites (tertiary alicyclic amines) is 1. The SMILES string of the molecule is O=C(CCSCc1ccccc1)N1CCOC[C@@](O)(CN2CCCC2)C1. The first kappa shape index (κ1) is 19.7. The van der Waals surface area contributed by atoms with E-state index in [0.29, 0.717) is 39.3 Å². The van der Waals surface area contributed by atoms with E-state index < -0.39 is 5.60 Å². The number of nitrogens with zero attached hydrogens (tertiary/aromatic N) is 2. The Morgan fingerprint density at radius 1 is 1.19 bits per heavy atom. The number of carbonyl (C=O) groups excluding carboxylic acids is 1. The van der Waals surface area contributed by atoms with Crippen molar-refractivity contribution < 1.29 is 14.6 Å². The number of carbonyl (C=O) groups is 1. The van der Waals surface area contributed by atoms with Gasteiger partial charge in [-0.25, -0.2) is 0 Å². The van der Waals surface area contributed by atoms with Gasteiger partial charge < -0.3 is 19.6 Å². The minimum absolute atomic E-state index is 0.121. The molecule has 144 valence electrons. The Morgan fingerprint density at radius 2 is 1.96 bits per heavy atom. The zero-order chi connectivity index (χ0) is 18.2. The highest BCUT2D eigenvalue weighted by Crippen LogP contribution is 2.19. The van der Waals surface area contributed by atoms with Gasteiger partial charge in [-0.15, -0.1) is 0 Å². The summed E-state index contributed by atoms with van der Waals surface area (Å²) in [6.07, 6.45) is 2.90. The molecule has 1 atom stereocenters. The summed E-state index contributed by atoms with van der Waals surface area (Å²) in [5, 5.41) is 11.0. The zero-order valence-electron chi connectivity index (χ0n) is 15.4. The second-order valence-corrected chi connectivity index (χ2v) is 8.47. The molecule has 0 aromatic heterocycles. The number of benzene rings is 1. The largest absolute Gasteiger partial charge is 0.384 e. The number of aliphatic hydroxyl groups is 1. The number of thioether (sulfide) groups is 1. The Labute approximate surface area is 160 Å². The standard InChI is InChI=1S/C20H30N2O3S/c23-19(8-13-26-14-18-6-2-1-3-7-18)22-11-12-25-17-20(24,16-22)15-21-9-4-5-10-21/h1-3,6-7,24H,4-5,8-17H2/t20-/m1/s1. The van der Waals surface area contributed by atoms with Crippen LogP contribution in [0.15, 0.2) is 30.3 Å². The lowest BCUT2D eigenvalue weighted by Gasteiger charge is -2.34. The maximum absolute atomic E-state index is 12.6. The molecule has 0 aliphatic carbocycles. The summed E-state index contributed by atoms with van der Waals surface area (Å²) in [7, 11) is 0. The lowest BCUT2D eigenvalue weighted by atomic mass is 10.0. The Kier molecular flexibility index (Phi) is 7.37. The number of amides is 1. The molecule has 1 N–H and O–H groups in total. The van der Waals surface area contributed by atoms with Crippen LogP contribution in [0.3, 0.4) is 0 Å². The van der Waals surface area contributed by atoms with Crippen molar-refractivity contribution in [2.45, 2.75) is 30.6 Å². The van der Waals surface area contributed by atoms with Crippen LogP contribution in [0.25, 0.3) is 0 Å². The molecule has 2 aliphatic heterocycles. The summed E-state index contributed by atoms with van der Waals surface area (Å²) in [5.41, 5.74) is 0.335. The number of β-amino-alcohol motifs (C(OH)–C–C–N with tert-alkyl or cyclic N) is 1. The van der Waals surface area contributed by atoms with Gasteiger partial charge in [0.2, 0.25) is 5.91 Å². The van der Waals surface area contributed by atoms with E-state index in [-0.39, 0.29) is 5.91 Å². The second kappa shape index (κ2) is 9.74. The predicted molar refractivity (Wildman–Crippen MR) is 105 cm³/mol. The van der Waals surface area contributed by atoms with E-state index in [1.807, 2.05) is 18.2 Å². The van der Waals surface area contributed by atoms with Gasteiger partial charge in [-0.1, -0.05) is 30.3 Å². The van der Waals surface area contributed by atoms with Gasteiger partial charge in [-0.05, 0) is 31.5 Å². The van der Waals surface area contributed by atoms with Crippen LogP contribution >= 0.6 is 11.8 Å². The van der Waals surface area contributed by atoms with Gasteiger partial charge in [-0.3, -0.25) is 4.79 Å². The molecule has 0 spiro atoms. The molecule has 2 aliphatic rings.